The highest BCUT2D eigenvalue weighted by Gasteiger charge is 2.09. The van der Waals surface area contributed by atoms with Gasteiger partial charge >= 0.3 is 5.63 Å². The SMILES string of the molecule is CC[C@H](C)NC(=O)c1ccc(COc2ccc3c(C)cc(=O)oc3c2)cc1. The number of nitrogens with one attached hydrogen (secondary N) is 1. The zero-order chi connectivity index (χ0) is 19.4. The van der Waals surface area contributed by atoms with Crippen LogP contribution in [0, 0.1) is 6.92 Å². The third-order valence-corrected chi connectivity index (χ3v) is 4.53. The lowest BCUT2D eigenvalue weighted by Crippen LogP contribution is -2.31. The molecule has 3 rings (SSSR count). The summed E-state index contributed by atoms with van der Waals surface area (Å²) in [7, 11) is 0. The molecule has 1 heterocycles. The van der Waals surface area contributed by atoms with Gasteiger partial charge in [-0.05, 0) is 55.7 Å². The zero-order valence-electron chi connectivity index (χ0n) is 15.7. The topological polar surface area (TPSA) is 68.5 Å². The van der Waals surface area contributed by atoms with Gasteiger partial charge in [-0.25, -0.2) is 4.79 Å². The molecule has 0 spiro atoms. The molecule has 3 aromatic rings. The molecule has 2 aromatic carbocycles. The molecular formula is C22H23NO4. The van der Waals surface area contributed by atoms with Gasteiger partial charge in [0.15, 0.2) is 0 Å². The van der Waals surface area contributed by atoms with Crippen LogP contribution in [0.15, 0.2) is 57.7 Å². The normalized spacial score (nSPS) is 12.0. The van der Waals surface area contributed by atoms with Crippen molar-refractivity contribution in [1.29, 1.82) is 0 Å². The fraction of sp³-hybridized carbons (Fsp3) is 0.273. The highest BCUT2D eigenvalue weighted by Crippen LogP contribution is 2.23. The van der Waals surface area contributed by atoms with Crippen molar-refractivity contribution in [2.75, 3.05) is 0 Å². The van der Waals surface area contributed by atoms with Gasteiger partial charge in [-0.2, -0.15) is 0 Å². The second-order valence-corrected chi connectivity index (χ2v) is 6.67. The van der Waals surface area contributed by atoms with E-state index in [1.54, 1.807) is 18.2 Å². The molecule has 0 saturated carbocycles. The van der Waals surface area contributed by atoms with E-state index in [0.717, 1.165) is 22.9 Å². The third-order valence-electron chi connectivity index (χ3n) is 4.53. The molecular weight excluding hydrogens is 342 g/mol. The van der Waals surface area contributed by atoms with Crippen LogP contribution in [0.25, 0.3) is 11.0 Å². The molecule has 0 unspecified atom stereocenters. The first-order valence-corrected chi connectivity index (χ1v) is 9.03. The van der Waals surface area contributed by atoms with Crippen LogP contribution in [0.3, 0.4) is 0 Å². The Hall–Kier alpha value is -3.08. The lowest BCUT2D eigenvalue weighted by molar-refractivity contribution is 0.0939. The van der Waals surface area contributed by atoms with E-state index in [4.69, 9.17) is 9.15 Å². The predicted octanol–water partition coefficient (Wildman–Crippen LogP) is 4.21. The van der Waals surface area contributed by atoms with Crippen LogP contribution in [0.4, 0.5) is 0 Å². The summed E-state index contributed by atoms with van der Waals surface area (Å²) >= 11 is 0. The number of carbonyl (C=O) groups excluding carboxylic acids is 1. The smallest absolute Gasteiger partial charge is 0.336 e. The molecule has 0 saturated heterocycles. The fourth-order valence-electron chi connectivity index (χ4n) is 2.72. The van der Waals surface area contributed by atoms with Gasteiger partial charge in [0.1, 0.15) is 17.9 Å². The maximum Gasteiger partial charge on any atom is 0.336 e. The van der Waals surface area contributed by atoms with Crippen LogP contribution < -0.4 is 15.7 Å². The molecule has 0 aliphatic carbocycles. The minimum atomic E-state index is -0.372. The number of carbonyl (C=O) groups is 1. The van der Waals surface area contributed by atoms with E-state index in [-0.39, 0.29) is 17.6 Å². The van der Waals surface area contributed by atoms with Crippen LogP contribution in [0.1, 0.15) is 41.8 Å². The summed E-state index contributed by atoms with van der Waals surface area (Å²) in [5.41, 5.74) is 2.58. The molecule has 1 N–H and O–H groups in total. The molecule has 0 fully saturated rings. The Morgan fingerprint density at radius 1 is 1.15 bits per heavy atom. The number of hydrogen-bond donors (Lipinski definition) is 1. The van der Waals surface area contributed by atoms with Crippen molar-refractivity contribution in [2.45, 2.75) is 39.8 Å². The third kappa shape index (κ3) is 4.56. The van der Waals surface area contributed by atoms with Gasteiger partial charge in [-0.1, -0.05) is 19.1 Å². The molecule has 1 aromatic heterocycles. The van der Waals surface area contributed by atoms with E-state index in [1.807, 2.05) is 45.0 Å². The lowest BCUT2D eigenvalue weighted by atomic mass is 10.1. The summed E-state index contributed by atoms with van der Waals surface area (Å²) < 4.78 is 11.0. The Morgan fingerprint density at radius 3 is 2.59 bits per heavy atom. The molecule has 140 valence electrons. The van der Waals surface area contributed by atoms with Gasteiger partial charge in [-0.15, -0.1) is 0 Å². The summed E-state index contributed by atoms with van der Waals surface area (Å²) in [6.07, 6.45) is 0.892. The van der Waals surface area contributed by atoms with Gasteiger partial charge in [0.05, 0.1) is 0 Å². The monoisotopic (exact) mass is 365 g/mol. The van der Waals surface area contributed by atoms with Crippen LogP contribution in [-0.2, 0) is 6.61 Å². The maximum absolute atomic E-state index is 12.1. The number of fused-ring (bicyclic) bond motifs is 1. The van der Waals surface area contributed by atoms with Crippen LogP contribution in [0.5, 0.6) is 5.75 Å². The van der Waals surface area contributed by atoms with Gasteiger partial charge in [-0.3, -0.25) is 4.79 Å². The number of benzene rings is 2. The lowest BCUT2D eigenvalue weighted by Gasteiger charge is -2.12. The van der Waals surface area contributed by atoms with E-state index in [0.29, 0.717) is 23.5 Å². The number of ether oxygens (including phenoxy) is 1. The summed E-state index contributed by atoms with van der Waals surface area (Å²) in [6, 6.07) is 14.4. The van der Waals surface area contributed by atoms with Crippen molar-refractivity contribution < 1.29 is 13.9 Å². The Balaban J connectivity index is 1.67. The van der Waals surface area contributed by atoms with Gasteiger partial charge in [0.2, 0.25) is 0 Å². The van der Waals surface area contributed by atoms with Crippen LogP contribution in [0.2, 0.25) is 0 Å². The molecule has 1 amide bonds. The molecule has 1 atom stereocenters. The Bertz CT molecular complexity index is 1000. The van der Waals surface area contributed by atoms with Crippen molar-refractivity contribution in [3.8, 4) is 5.75 Å². The molecule has 0 aliphatic rings. The van der Waals surface area contributed by atoms with Crippen LogP contribution in [-0.4, -0.2) is 11.9 Å². The first kappa shape index (κ1) is 18.7. The first-order valence-electron chi connectivity index (χ1n) is 9.03. The van der Waals surface area contributed by atoms with E-state index in [9.17, 15) is 9.59 Å². The minimum absolute atomic E-state index is 0.0725. The first-order chi connectivity index (χ1) is 13.0. The molecule has 5 heteroatoms. The molecule has 0 radical (unpaired) electrons. The zero-order valence-corrected chi connectivity index (χ0v) is 15.7. The molecule has 27 heavy (non-hydrogen) atoms. The maximum atomic E-state index is 12.1. The fourth-order valence-corrected chi connectivity index (χ4v) is 2.72. The second-order valence-electron chi connectivity index (χ2n) is 6.67. The standard InChI is InChI=1S/C22H23NO4/c1-4-15(3)23-22(25)17-7-5-16(6-8-17)13-26-18-9-10-19-14(2)11-21(24)27-20(19)12-18/h5-12,15H,4,13H2,1-3H3,(H,23,25)/t15-/m0/s1. The summed E-state index contributed by atoms with van der Waals surface area (Å²) in [5, 5.41) is 3.83. The number of rotatable bonds is 6. The van der Waals surface area contributed by atoms with Gasteiger partial charge in [0, 0.05) is 29.1 Å². The van der Waals surface area contributed by atoms with Gasteiger partial charge < -0.3 is 14.5 Å². The van der Waals surface area contributed by atoms with Crippen molar-refractivity contribution in [1.82, 2.24) is 5.32 Å². The average molecular weight is 365 g/mol. The quantitative estimate of drug-likeness (QED) is 0.665. The van der Waals surface area contributed by atoms with Crippen molar-refractivity contribution in [2.24, 2.45) is 0 Å². The highest BCUT2D eigenvalue weighted by molar-refractivity contribution is 5.94. The predicted molar refractivity (Wildman–Crippen MR) is 105 cm³/mol. The van der Waals surface area contributed by atoms with E-state index in [2.05, 4.69) is 5.32 Å². The summed E-state index contributed by atoms with van der Waals surface area (Å²) in [5.74, 6) is 0.548. The molecule has 0 bridgehead atoms. The summed E-state index contributed by atoms with van der Waals surface area (Å²) in [6.45, 7) is 6.24. The summed E-state index contributed by atoms with van der Waals surface area (Å²) in [4.78, 5) is 23.6. The highest BCUT2D eigenvalue weighted by atomic mass is 16.5. The Labute approximate surface area is 158 Å². The average Bonchev–Trinajstić information content (AvgIpc) is 2.66. The Morgan fingerprint density at radius 2 is 1.89 bits per heavy atom. The number of hydrogen-bond acceptors (Lipinski definition) is 4. The Kier molecular flexibility index (Phi) is 5.60. The van der Waals surface area contributed by atoms with Gasteiger partial charge in [0.25, 0.3) is 5.91 Å². The molecule has 0 aliphatic heterocycles. The largest absolute Gasteiger partial charge is 0.489 e. The number of aryl methyl sites for hydroxylation is 1. The van der Waals surface area contributed by atoms with E-state index in [1.165, 1.54) is 6.07 Å². The van der Waals surface area contributed by atoms with Crippen LogP contribution >= 0.6 is 0 Å². The number of amides is 1. The van der Waals surface area contributed by atoms with E-state index < -0.39 is 0 Å². The second kappa shape index (κ2) is 8.08. The van der Waals surface area contributed by atoms with Crippen molar-refractivity contribution in [3.05, 3.63) is 75.6 Å². The van der Waals surface area contributed by atoms with Crippen molar-refractivity contribution >= 4 is 16.9 Å². The van der Waals surface area contributed by atoms with E-state index >= 15 is 0 Å². The van der Waals surface area contributed by atoms with Crippen molar-refractivity contribution in [3.63, 3.8) is 0 Å². The molecule has 5 nitrogen and oxygen atoms in total. The minimum Gasteiger partial charge on any atom is -0.489 e.